The number of thiophene rings is 1. The predicted molar refractivity (Wildman–Crippen MR) is 84.9 cm³/mol. The van der Waals surface area contributed by atoms with Crippen LogP contribution in [-0.2, 0) is 6.42 Å². The number of benzene rings is 1. The smallest absolute Gasteiger partial charge is 0.126 e. The molecule has 0 aliphatic carbocycles. The zero-order valence-electron chi connectivity index (χ0n) is 12.4. The van der Waals surface area contributed by atoms with Gasteiger partial charge < -0.3 is 5.32 Å². The van der Waals surface area contributed by atoms with E-state index in [9.17, 15) is 4.39 Å². The van der Waals surface area contributed by atoms with Gasteiger partial charge in [0.2, 0.25) is 0 Å². The van der Waals surface area contributed by atoms with Crippen molar-refractivity contribution in [3.8, 4) is 0 Å². The third-order valence-corrected chi connectivity index (χ3v) is 4.82. The lowest BCUT2D eigenvalue weighted by Crippen LogP contribution is -2.23. The predicted octanol–water partition coefficient (Wildman–Crippen LogP) is 4.79. The Morgan fingerprint density at radius 2 is 2.00 bits per heavy atom. The number of hydrogen-bond donors (Lipinski definition) is 1. The van der Waals surface area contributed by atoms with Crippen LogP contribution in [0.5, 0.6) is 0 Å². The second-order valence-corrected chi connectivity index (χ2v) is 6.48. The van der Waals surface area contributed by atoms with Crippen LogP contribution in [0.3, 0.4) is 0 Å². The van der Waals surface area contributed by atoms with E-state index in [1.807, 2.05) is 23.5 Å². The lowest BCUT2D eigenvalue weighted by molar-refractivity contribution is 0.519. The van der Waals surface area contributed by atoms with Crippen LogP contribution in [0.1, 0.15) is 40.3 Å². The van der Waals surface area contributed by atoms with Gasteiger partial charge >= 0.3 is 0 Å². The molecule has 1 aromatic heterocycles. The van der Waals surface area contributed by atoms with E-state index < -0.39 is 0 Å². The average molecular weight is 291 g/mol. The van der Waals surface area contributed by atoms with Gasteiger partial charge in [0.15, 0.2) is 0 Å². The van der Waals surface area contributed by atoms with Crippen molar-refractivity contribution in [2.45, 2.75) is 39.7 Å². The molecule has 108 valence electrons. The molecule has 1 heterocycles. The molecule has 1 N–H and O–H groups in total. The summed E-state index contributed by atoms with van der Waals surface area (Å²) in [6.45, 7) is 7.38. The van der Waals surface area contributed by atoms with Crippen LogP contribution in [0.15, 0.2) is 30.3 Å². The van der Waals surface area contributed by atoms with E-state index in [2.05, 4.69) is 32.2 Å². The second-order valence-electron chi connectivity index (χ2n) is 5.19. The van der Waals surface area contributed by atoms with Crippen molar-refractivity contribution in [3.63, 3.8) is 0 Å². The number of halogens is 1. The fourth-order valence-electron chi connectivity index (χ4n) is 2.25. The molecule has 3 heteroatoms. The number of aryl methyl sites for hydroxylation is 2. The highest BCUT2D eigenvalue weighted by atomic mass is 32.1. The maximum atomic E-state index is 13.8. The Balaban J connectivity index is 2.21. The van der Waals surface area contributed by atoms with Crippen LogP contribution in [0.4, 0.5) is 4.39 Å². The van der Waals surface area contributed by atoms with Crippen LogP contribution in [-0.4, -0.2) is 6.54 Å². The third-order valence-electron chi connectivity index (χ3n) is 3.55. The van der Waals surface area contributed by atoms with E-state index >= 15 is 0 Å². The molecule has 0 saturated heterocycles. The fourth-order valence-corrected chi connectivity index (χ4v) is 3.37. The number of rotatable bonds is 6. The normalized spacial score (nSPS) is 12.6. The van der Waals surface area contributed by atoms with E-state index in [0.717, 1.165) is 18.5 Å². The topological polar surface area (TPSA) is 12.0 Å². The highest BCUT2D eigenvalue weighted by Crippen LogP contribution is 2.29. The maximum Gasteiger partial charge on any atom is 0.126 e. The third kappa shape index (κ3) is 3.68. The average Bonchev–Trinajstić information content (AvgIpc) is 2.76. The van der Waals surface area contributed by atoms with Crippen LogP contribution < -0.4 is 5.32 Å². The van der Waals surface area contributed by atoms with Crippen LogP contribution >= 0.6 is 11.3 Å². The molecule has 0 aliphatic rings. The van der Waals surface area contributed by atoms with Gasteiger partial charge in [-0.15, -0.1) is 11.3 Å². The molecule has 0 radical (unpaired) electrons. The minimum atomic E-state index is -0.110. The van der Waals surface area contributed by atoms with E-state index in [1.165, 1.54) is 21.4 Å². The molecule has 20 heavy (non-hydrogen) atoms. The van der Waals surface area contributed by atoms with Crippen molar-refractivity contribution >= 4 is 11.3 Å². The molecule has 0 bridgehead atoms. The first kappa shape index (κ1) is 15.2. The molecule has 1 atom stereocenters. The Morgan fingerprint density at radius 3 is 2.60 bits per heavy atom. The largest absolute Gasteiger partial charge is 0.309 e. The standard InChI is InChI=1S/C17H22FNS/c1-4-9-19-16(17-10-12(2)13(3)20-17)11-14-7-5-6-8-15(14)18/h5-8,10,16,19H,4,9,11H2,1-3H3. The van der Waals surface area contributed by atoms with Crippen molar-refractivity contribution in [3.05, 3.63) is 57.0 Å². The summed E-state index contributed by atoms with van der Waals surface area (Å²) in [6, 6.07) is 9.49. The van der Waals surface area contributed by atoms with Gasteiger partial charge in [-0.05, 0) is 56.5 Å². The van der Waals surface area contributed by atoms with Crippen LogP contribution in [0, 0.1) is 19.7 Å². The molecule has 0 saturated carbocycles. The summed E-state index contributed by atoms with van der Waals surface area (Å²) in [6.07, 6.45) is 1.78. The molecular formula is C17H22FNS. The Kier molecular flexibility index (Phi) is 5.32. The summed E-state index contributed by atoms with van der Waals surface area (Å²) in [4.78, 5) is 2.65. The van der Waals surface area contributed by atoms with Gasteiger partial charge in [0.05, 0.1) is 0 Å². The lowest BCUT2D eigenvalue weighted by Gasteiger charge is -2.17. The molecule has 0 spiro atoms. The van der Waals surface area contributed by atoms with Gasteiger partial charge in [-0.2, -0.15) is 0 Å². The first-order chi connectivity index (χ1) is 9.61. The zero-order chi connectivity index (χ0) is 14.5. The van der Waals surface area contributed by atoms with Gasteiger partial charge in [-0.25, -0.2) is 4.39 Å². The SMILES string of the molecule is CCCNC(Cc1ccccc1F)c1cc(C)c(C)s1. The summed E-state index contributed by atoms with van der Waals surface area (Å²) in [5.41, 5.74) is 2.10. The van der Waals surface area contributed by atoms with Gasteiger partial charge in [-0.1, -0.05) is 25.1 Å². The molecule has 1 aromatic carbocycles. The molecule has 2 rings (SSSR count). The summed E-state index contributed by atoms with van der Waals surface area (Å²) in [5.74, 6) is -0.110. The van der Waals surface area contributed by atoms with Crippen molar-refractivity contribution in [1.82, 2.24) is 5.32 Å². The van der Waals surface area contributed by atoms with Crippen LogP contribution in [0.2, 0.25) is 0 Å². The Hall–Kier alpha value is -1.19. The van der Waals surface area contributed by atoms with Crippen molar-refractivity contribution in [1.29, 1.82) is 0 Å². The highest BCUT2D eigenvalue weighted by Gasteiger charge is 2.16. The Morgan fingerprint density at radius 1 is 1.25 bits per heavy atom. The quantitative estimate of drug-likeness (QED) is 0.807. The fraction of sp³-hybridized carbons (Fsp3) is 0.412. The van der Waals surface area contributed by atoms with Gasteiger partial charge in [-0.3, -0.25) is 0 Å². The summed E-state index contributed by atoms with van der Waals surface area (Å²) >= 11 is 1.81. The first-order valence-electron chi connectivity index (χ1n) is 7.15. The second kappa shape index (κ2) is 7.00. The maximum absolute atomic E-state index is 13.8. The van der Waals surface area contributed by atoms with Gasteiger partial charge in [0, 0.05) is 15.8 Å². The van der Waals surface area contributed by atoms with E-state index in [4.69, 9.17) is 0 Å². The van der Waals surface area contributed by atoms with Gasteiger partial charge in [0.25, 0.3) is 0 Å². The van der Waals surface area contributed by atoms with Crippen molar-refractivity contribution < 1.29 is 4.39 Å². The molecular weight excluding hydrogens is 269 g/mol. The van der Waals surface area contributed by atoms with Crippen molar-refractivity contribution in [2.24, 2.45) is 0 Å². The van der Waals surface area contributed by atoms with E-state index in [0.29, 0.717) is 6.42 Å². The van der Waals surface area contributed by atoms with Gasteiger partial charge in [0.1, 0.15) is 5.82 Å². The highest BCUT2D eigenvalue weighted by molar-refractivity contribution is 7.12. The number of nitrogens with one attached hydrogen (secondary N) is 1. The Bertz CT molecular complexity index is 542. The van der Waals surface area contributed by atoms with Crippen molar-refractivity contribution in [2.75, 3.05) is 6.54 Å². The minimum absolute atomic E-state index is 0.110. The summed E-state index contributed by atoms with van der Waals surface area (Å²) < 4.78 is 13.8. The molecule has 2 aromatic rings. The monoisotopic (exact) mass is 291 g/mol. The molecule has 0 amide bonds. The van der Waals surface area contributed by atoms with E-state index in [1.54, 1.807) is 6.07 Å². The molecule has 1 nitrogen and oxygen atoms in total. The molecule has 0 aliphatic heterocycles. The first-order valence-corrected chi connectivity index (χ1v) is 7.97. The molecule has 0 fully saturated rings. The summed E-state index contributed by atoms with van der Waals surface area (Å²) in [5, 5.41) is 3.55. The van der Waals surface area contributed by atoms with E-state index in [-0.39, 0.29) is 11.9 Å². The lowest BCUT2D eigenvalue weighted by atomic mass is 10.0. The summed E-state index contributed by atoms with van der Waals surface area (Å²) in [7, 11) is 0. The zero-order valence-corrected chi connectivity index (χ0v) is 13.2. The number of hydrogen-bond acceptors (Lipinski definition) is 2. The minimum Gasteiger partial charge on any atom is -0.309 e. The van der Waals surface area contributed by atoms with Crippen LogP contribution in [0.25, 0.3) is 0 Å². The Labute approximate surface area is 124 Å². The molecule has 1 unspecified atom stereocenters.